The summed E-state index contributed by atoms with van der Waals surface area (Å²) in [4.78, 5) is 0. The van der Waals surface area contributed by atoms with E-state index in [1.165, 1.54) is 25.9 Å². The van der Waals surface area contributed by atoms with Crippen LogP contribution in [-0.4, -0.2) is 49.4 Å². The third-order valence-electron chi connectivity index (χ3n) is 2.35. The van der Waals surface area contributed by atoms with E-state index in [2.05, 4.69) is 23.9 Å². The summed E-state index contributed by atoms with van der Waals surface area (Å²) in [6.45, 7) is 10.8. The molecule has 0 aromatic heterocycles. The zero-order chi connectivity index (χ0) is 9.52. The van der Waals surface area contributed by atoms with Gasteiger partial charge in [0.25, 0.3) is 0 Å². The van der Waals surface area contributed by atoms with Gasteiger partial charge in [-0.25, -0.2) is 10.0 Å². The number of hydrogen-bond donors (Lipinski definition) is 0. The second-order valence-corrected chi connectivity index (χ2v) is 3.52. The van der Waals surface area contributed by atoms with Crippen LogP contribution in [-0.2, 0) is 4.74 Å². The van der Waals surface area contributed by atoms with E-state index in [4.69, 9.17) is 4.74 Å². The van der Waals surface area contributed by atoms with Gasteiger partial charge in [-0.1, -0.05) is 13.8 Å². The fraction of sp³-hybridized carbons (Fsp3) is 1.00. The van der Waals surface area contributed by atoms with E-state index in [-0.39, 0.29) is 0 Å². The molecule has 78 valence electrons. The number of ether oxygens (including phenoxy) is 1. The molecule has 13 heavy (non-hydrogen) atoms. The van der Waals surface area contributed by atoms with Crippen molar-refractivity contribution in [1.29, 1.82) is 0 Å². The molecule has 0 radical (unpaired) electrons. The predicted octanol–water partition coefficient (Wildman–Crippen LogP) is 1.36. The van der Waals surface area contributed by atoms with Crippen molar-refractivity contribution in [2.45, 2.75) is 26.7 Å². The van der Waals surface area contributed by atoms with Crippen molar-refractivity contribution in [2.24, 2.45) is 0 Å². The van der Waals surface area contributed by atoms with Crippen molar-refractivity contribution in [2.75, 3.05) is 39.4 Å². The average molecular weight is 186 g/mol. The lowest BCUT2D eigenvalue weighted by Crippen LogP contribution is -2.49. The van der Waals surface area contributed by atoms with Gasteiger partial charge in [-0.3, -0.25) is 0 Å². The van der Waals surface area contributed by atoms with Gasteiger partial charge in [0, 0.05) is 26.2 Å². The van der Waals surface area contributed by atoms with Crippen LogP contribution in [0.2, 0.25) is 0 Å². The Morgan fingerprint density at radius 2 is 1.62 bits per heavy atom. The molecule has 1 heterocycles. The molecule has 0 atom stereocenters. The van der Waals surface area contributed by atoms with Gasteiger partial charge >= 0.3 is 0 Å². The smallest absolute Gasteiger partial charge is 0.0608 e. The Morgan fingerprint density at radius 3 is 2.08 bits per heavy atom. The SMILES string of the molecule is CCCN(CCC)N1CCOCC1. The van der Waals surface area contributed by atoms with Gasteiger partial charge in [0.05, 0.1) is 13.2 Å². The van der Waals surface area contributed by atoms with Gasteiger partial charge in [-0.05, 0) is 12.8 Å². The van der Waals surface area contributed by atoms with Crippen LogP contribution in [0.3, 0.4) is 0 Å². The highest BCUT2D eigenvalue weighted by atomic mass is 16.5. The monoisotopic (exact) mass is 186 g/mol. The van der Waals surface area contributed by atoms with E-state index in [1.807, 2.05) is 0 Å². The van der Waals surface area contributed by atoms with Crippen molar-refractivity contribution < 1.29 is 4.74 Å². The molecule has 1 fully saturated rings. The van der Waals surface area contributed by atoms with E-state index in [0.717, 1.165) is 26.3 Å². The number of hydrazine groups is 1. The number of hydrogen-bond acceptors (Lipinski definition) is 3. The first-order chi connectivity index (χ1) is 6.38. The minimum atomic E-state index is 0.893. The van der Waals surface area contributed by atoms with Crippen molar-refractivity contribution in [1.82, 2.24) is 10.0 Å². The Balaban J connectivity index is 2.32. The maximum Gasteiger partial charge on any atom is 0.0608 e. The van der Waals surface area contributed by atoms with Gasteiger partial charge < -0.3 is 4.74 Å². The molecule has 3 heteroatoms. The summed E-state index contributed by atoms with van der Waals surface area (Å²) in [5.74, 6) is 0. The molecule has 0 unspecified atom stereocenters. The van der Waals surface area contributed by atoms with Crippen LogP contribution in [0.15, 0.2) is 0 Å². The quantitative estimate of drug-likeness (QED) is 0.644. The Labute approximate surface area is 81.6 Å². The second-order valence-electron chi connectivity index (χ2n) is 3.52. The van der Waals surface area contributed by atoms with Crippen molar-refractivity contribution in [3.63, 3.8) is 0 Å². The summed E-state index contributed by atoms with van der Waals surface area (Å²) < 4.78 is 5.34. The van der Waals surface area contributed by atoms with Gasteiger partial charge in [-0.15, -0.1) is 0 Å². The number of rotatable bonds is 5. The van der Waals surface area contributed by atoms with Crippen LogP contribution in [0.25, 0.3) is 0 Å². The minimum absolute atomic E-state index is 0.893. The topological polar surface area (TPSA) is 15.7 Å². The van der Waals surface area contributed by atoms with Crippen LogP contribution in [0.1, 0.15) is 26.7 Å². The molecular formula is C10H22N2O. The van der Waals surface area contributed by atoms with Crippen molar-refractivity contribution in [3.8, 4) is 0 Å². The van der Waals surface area contributed by atoms with Crippen LogP contribution < -0.4 is 0 Å². The van der Waals surface area contributed by atoms with Crippen LogP contribution in [0.4, 0.5) is 0 Å². The zero-order valence-corrected chi connectivity index (χ0v) is 8.96. The number of nitrogens with zero attached hydrogens (tertiary/aromatic N) is 2. The lowest BCUT2D eigenvalue weighted by molar-refractivity contribution is -0.0899. The largest absolute Gasteiger partial charge is 0.379 e. The lowest BCUT2D eigenvalue weighted by Gasteiger charge is -2.37. The van der Waals surface area contributed by atoms with E-state index >= 15 is 0 Å². The average Bonchev–Trinajstić information content (AvgIpc) is 2.19. The van der Waals surface area contributed by atoms with Crippen LogP contribution >= 0.6 is 0 Å². The highest BCUT2D eigenvalue weighted by molar-refractivity contribution is 4.61. The first-order valence-corrected chi connectivity index (χ1v) is 5.46. The van der Waals surface area contributed by atoms with E-state index in [1.54, 1.807) is 0 Å². The molecule has 3 nitrogen and oxygen atoms in total. The minimum Gasteiger partial charge on any atom is -0.379 e. The summed E-state index contributed by atoms with van der Waals surface area (Å²) in [5, 5.41) is 4.92. The van der Waals surface area contributed by atoms with Gasteiger partial charge in [-0.2, -0.15) is 0 Å². The second kappa shape index (κ2) is 6.35. The molecule has 0 amide bonds. The molecule has 0 aliphatic carbocycles. The predicted molar refractivity (Wildman–Crippen MR) is 54.5 cm³/mol. The third-order valence-corrected chi connectivity index (χ3v) is 2.35. The van der Waals surface area contributed by atoms with Gasteiger partial charge in [0.1, 0.15) is 0 Å². The molecule has 1 aliphatic rings. The summed E-state index contributed by atoms with van der Waals surface area (Å²) in [7, 11) is 0. The summed E-state index contributed by atoms with van der Waals surface area (Å²) in [6, 6.07) is 0. The third kappa shape index (κ3) is 3.63. The number of morpholine rings is 1. The van der Waals surface area contributed by atoms with E-state index in [0.29, 0.717) is 0 Å². The van der Waals surface area contributed by atoms with Crippen molar-refractivity contribution in [3.05, 3.63) is 0 Å². The lowest BCUT2D eigenvalue weighted by atomic mass is 10.4. The van der Waals surface area contributed by atoms with Crippen LogP contribution in [0.5, 0.6) is 0 Å². The fourth-order valence-corrected chi connectivity index (χ4v) is 1.75. The summed E-state index contributed by atoms with van der Waals surface area (Å²) >= 11 is 0. The van der Waals surface area contributed by atoms with E-state index in [9.17, 15) is 0 Å². The summed E-state index contributed by atoms with van der Waals surface area (Å²) in [5.41, 5.74) is 0. The molecule has 0 aromatic carbocycles. The molecule has 0 spiro atoms. The molecular weight excluding hydrogens is 164 g/mol. The van der Waals surface area contributed by atoms with Crippen molar-refractivity contribution >= 4 is 0 Å². The van der Waals surface area contributed by atoms with Crippen LogP contribution in [0, 0.1) is 0 Å². The Morgan fingerprint density at radius 1 is 1.08 bits per heavy atom. The first kappa shape index (κ1) is 11.0. The van der Waals surface area contributed by atoms with Gasteiger partial charge in [0.15, 0.2) is 0 Å². The highest BCUT2D eigenvalue weighted by Gasteiger charge is 2.16. The molecule has 0 bridgehead atoms. The Kier molecular flexibility index (Phi) is 5.35. The van der Waals surface area contributed by atoms with Gasteiger partial charge in [0.2, 0.25) is 0 Å². The fourth-order valence-electron chi connectivity index (χ4n) is 1.75. The molecule has 1 saturated heterocycles. The maximum absolute atomic E-state index is 5.34. The summed E-state index contributed by atoms with van der Waals surface area (Å²) in [6.07, 6.45) is 2.47. The molecule has 1 rings (SSSR count). The van der Waals surface area contributed by atoms with E-state index < -0.39 is 0 Å². The highest BCUT2D eigenvalue weighted by Crippen LogP contribution is 2.04. The molecule has 1 aliphatic heterocycles. The zero-order valence-electron chi connectivity index (χ0n) is 8.96. The maximum atomic E-state index is 5.34. The Bertz CT molecular complexity index is 118. The normalized spacial score (nSPS) is 19.6. The molecule has 0 saturated carbocycles. The molecule has 0 aromatic rings. The standard InChI is InChI=1S/C10H22N2O/c1-3-5-11(6-4-2)12-7-9-13-10-8-12/h3-10H2,1-2H3. The Hall–Kier alpha value is -0.120. The first-order valence-electron chi connectivity index (χ1n) is 5.46. The molecule has 0 N–H and O–H groups in total.